The molecule has 0 aliphatic carbocycles. The second-order valence-electron chi connectivity index (χ2n) is 5.68. The van der Waals surface area contributed by atoms with Gasteiger partial charge in [-0.25, -0.2) is 0 Å². The zero-order valence-electron chi connectivity index (χ0n) is 12.0. The zero-order valence-corrected chi connectivity index (χ0v) is 12.0. The highest BCUT2D eigenvalue weighted by atomic mass is 16.6. The minimum Gasteiger partial charge on any atom is -0.486 e. The Morgan fingerprint density at radius 1 is 1.15 bits per heavy atom. The predicted molar refractivity (Wildman–Crippen MR) is 79.2 cm³/mol. The van der Waals surface area contributed by atoms with Gasteiger partial charge >= 0.3 is 0 Å². The molecule has 20 heavy (non-hydrogen) atoms. The average molecular weight is 276 g/mol. The van der Waals surface area contributed by atoms with Gasteiger partial charge in [0.1, 0.15) is 13.2 Å². The molecule has 3 rings (SSSR count). The van der Waals surface area contributed by atoms with Gasteiger partial charge in [0, 0.05) is 12.6 Å². The zero-order chi connectivity index (χ0) is 13.8. The molecule has 1 atom stereocenters. The Bertz CT molecular complexity index is 448. The summed E-state index contributed by atoms with van der Waals surface area (Å²) in [5.74, 6) is 1.76. The fourth-order valence-electron chi connectivity index (χ4n) is 3.21. The van der Waals surface area contributed by atoms with Crippen LogP contribution < -0.4 is 15.2 Å². The van der Waals surface area contributed by atoms with Crippen LogP contribution in [0.5, 0.6) is 11.5 Å². The van der Waals surface area contributed by atoms with Crippen molar-refractivity contribution in [1.29, 1.82) is 0 Å². The summed E-state index contributed by atoms with van der Waals surface area (Å²) in [7, 11) is 0. The average Bonchev–Trinajstić information content (AvgIpc) is 2.49. The lowest BCUT2D eigenvalue weighted by molar-refractivity contribution is 0.133. The van der Waals surface area contributed by atoms with E-state index >= 15 is 0 Å². The summed E-state index contributed by atoms with van der Waals surface area (Å²) in [4.78, 5) is 2.57. The number of ether oxygens (including phenoxy) is 2. The summed E-state index contributed by atoms with van der Waals surface area (Å²) in [6, 6.07) is 6.96. The Kier molecular flexibility index (Phi) is 4.43. The molecule has 4 heteroatoms. The molecule has 1 saturated heterocycles. The molecule has 1 aromatic rings. The summed E-state index contributed by atoms with van der Waals surface area (Å²) < 4.78 is 11.2. The quantitative estimate of drug-likeness (QED) is 0.915. The number of likely N-dealkylation sites (tertiary alicyclic amines) is 1. The van der Waals surface area contributed by atoms with Crippen molar-refractivity contribution in [3.63, 3.8) is 0 Å². The lowest BCUT2D eigenvalue weighted by Crippen LogP contribution is -2.40. The first-order valence-corrected chi connectivity index (χ1v) is 7.69. The highest BCUT2D eigenvalue weighted by molar-refractivity contribution is 5.43. The van der Waals surface area contributed by atoms with Crippen molar-refractivity contribution in [2.45, 2.75) is 38.3 Å². The third-order valence-corrected chi connectivity index (χ3v) is 4.24. The van der Waals surface area contributed by atoms with E-state index in [4.69, 9.17) is 15.2 Å². The van der Waals surface area contributed by atoms with Gasteiger partial charge in [-0.3, -0.25) is 4.90 Å². The van der Waals surface area contributed by atoms with Gasteiger partial charge in [0.05, 0.1) is 0 Å². The number of rotatable bonds is 4. The third-order valence-electron chi connectivity index (χ3n) is 4.24. The van der Waals surface area contributed by atoms with E-state index in [2.05, 4.69) is 17.0 Å². The maximum atomic E-state index is 5.74. The maximum absolute atomic E-state index is 5.74. The smallest absolute Gasteiger partial charge is 0.161 e. The Morgan fingerprint density at radius 3 is 2.85 bits per heavy atom. The molecule has 0 saturated carbocycles. The molecule has 0 amide bonds. The molecule has 2 N–H and O–H groups in total. The van der Waals surface area contributed by atoms with Crippen LogP contribution >= 0.6 is 0 Å². The van der Waals surface area contributed by atoms with Crippen LogP contribution in [0, 0.1) is 0 Å². The molecule has 2 aliphatic heterocycles. The number of nitrogens with zero attached hydrogens (tertiary/aromatic N) is 1. The Hall–Kier alpha value is -1.26. The highest BCUT2D eigenvalue weighted by Crippen LogP contribution is 2.32. The number of hydrogen-bond acceptors (Lipinski definition) is 4. The van der Waals surface area contributed by atoms with E-state index in [1.54, 1.807) is 0 Å². The van der Waals surface area contributed by atoms with Gasteiger partial charge in [0.15, 0.2) is 11.5 Å². The van der Waals surface area contributed by atoms with Gasteiger partial charge in [0.2, 0.25) is 0 Å². The Labute approximate surface area is 120 Å². The second kappa shape index (κ2) is 6.46. The first-order chi connectivity index (χ1) is 9.86. The molecular formula is C16H24N2O2. The normalized spacial score (nSPS) is 22.8. The summed E-state index contributed by atoms with van der Waals surface area (Å²) >= 11 is 0. The molecule has 2 aliphatic rings. The van der Waals surface area contributed by atoms with E-state index in [9.17, 15) is 0 Å². The van der Waals surface area contributed by atoms with Crippen molar-refractivity contribution in [3.05, 3.63) is 23.8 Å². The molecule has 1 fully saturated rings. The minimum absolute atomic E-state index is 0.641. The molecule has 1 aromatic carbocycles. The molecule has 2 heterocycles. The van der Waals surface area contributed by atoms with Crippen LogP contribution in [0.4, 0.5) is 0 Å². The standard InChI is InChI=1S/C16H24N2O2/c17-7-6-14-3-1-2-8-18(14)12-13-4-5-15-16(11-13)20-10-9-19-15/h4-5,11,14H,1-3,6-10,12,17H2. The summed E-state index contributed by atoms with van der Waals surface area (Å²) in [5.41, 5.74) is 7.05. The van der Waals surface area contributed by atoms with E-state index in [0.29, 0.717) is 19.3 Å². The maximum Gasteiger partial charge on any atom is 0.161 e. The molecule has 0 spiro atoms. The van der Waals surface area contributed by atoms with E-state index in [0.717, 1.165) is 31.0 Å². The van der Waals surface area contributed by atoms with Crippen molar-refractivity contribution >= 4 is 0 Å². The Balaban J connectivity index is 1.69. The van der Waals surface area contributed by atoms with Gasteiger partial charge in [-0.1, -0.05) is 12.5 Å². The van der Waals surface area contributed by atoms with E-state index < -0.39 is 0 Å². The number of hydrogen-bond donors (Lipinski definition) is 1. The van der Waals surface area contributed by atoms with Crippen molar-refractivity contribution in [1.82, 2.24) is 4.90 Å². The van der Waals surface area contributed by atoms with Crippen molar-refractivity contribution in [3.8, 4) is 11.5 Å². The SMILES string of the molecule is NCCC1CCCCN1Cc1ccc2c(c1)OCCO2. The lowest BCUT2D eigenvalue weighted by Gasteiger charge is -2.35. The molecule has 0 bridgehead atoms. The minimum atomic E-state index is 0.641. The first-order valence-electron chi connectivity index (χ1n) is 7.69. The second-order valence-corrected chi connectivity index (χ2v) is 5.68. The monoisotopic (exact) mass is 276 g/mol. The first kappa shape index (κ1) is 13.7. The van der Waals surface area contributed by atoms with Crippen LogP contribution in [-0.2, 0) is 6.54 Å². The van der Waals surface area contributed by atoms with Gasteiger partial charge in [-0.2, -0.15) is 0 Å². The fourth-order valence-corrected chi connectivity index (χ4v) is 3.21. The van der Waals surface area contributed by atoms with Gasteiger partial charge in [0.25, 0.3) is 0 Å². The van der Waals surface area contributed by atoms with Crippen molar-refractivity contribution < 1.29 is 9.47 Å². The fraction of sp³-hybridized carbons (Fsp3) is 0.625. The van der Waals surface area contributed by atoms with Crippen LogP contribution in [0.2, 0.25) is 0 Å². The molecular weight excluding hydrogens is 252 g/mol. The topological polar surface area (TPSA) is 47.7 Å². The number of fused-ring (bicyclic) bond motifs is 1. The summed E-state index contributed by atoms with van der Waals surface area (Å²) in [5, 5.41) is 0. The van der Waals surface area contributed by atoms with E-state index in [1.165, 1.54) is 31.4 Å². The van der Waals surface area contributed by atoms with Crippen LogP contribution in [0.3, 0.4) is 0 Å². The number of piperidine rings is 1. The van der Waals surface area contributed by atoms with Crippen LogP contribution in [-0.4, -0.2) is 37.2 Å². The molecule has 0 radical (unpaired) electrons. The summed E-state index contributed by atoms with van der Waals surface area (Å²) in [6.07, 6.45) is 5.01. The predicted octanol–water partition coefficient (Wildman–Crippen LogP) is 2.16. The summed E-state index contributed by atoms with van der Waals surface area (Å²) in [6.45, 7) is 4.25. The lowest BCUT2D eigenvalue weighted by atomic mass is 9.98. The van der Waals surface area contributed by atoms with Gasteiger partial charge in [-0.15, -0.1) is 0 Å². The largest absolute Gasteiger partial charge is 0.486 e. The third kappa shape index (κ3) is 3.07. The van der Waals surface area contributed by atoms with Gasteiger partial charge < -0.3 is 15.2 Å². The molecule has 4 nitrogen and oxygen atoms in total. The molecule has 1 unspecified atom stereocenters. The van der Waals surface area contributed by atoms with Crippen LogP contribution in [0.1, 0.15) is 31.2 Å². The van der Waals surface area contributed by atoms with Crippen molar-refractivity contribution in [2.75, 3.05) is 26.3 Å². The van der Waals surface area contributed by atoms with Crippen molar-refractivity contribution in [2.24, 2.45) is 5.73 Å². The van der Waals surface area contributed by atoms with Gasteiger partial charge in [-0.05, 0) is 50.0 Å². The Morgan fingerprint density at radius 2 is 2.00 bits per heavy atom. The molecule has 0 aromatic heterocycles. The van der Waals surface area contributed by atoms with Crippen LogP contribution in [0.15, 0.2) is 18.2 Å². The van der Waals surface area contributed by atoms with E-state index in [1.807, 2.05) is 6.07 Å². The number of nitrogens with two attached hydrogens (primary N) is 1. The van der Waals surface area contributed by atoms with E-state index in [-0.39, 0.29) is 0 Å². The molecule has 110 valence electrons. The number of benzene rings is 1. The van der Waals surface area contributed by atoms with Crippen LogP contribution in [0.25, 0.3) is 0 Å². The highest BCUT2D eigenvalue weighted by Gasteiger charge is 2.22.